The fourth-order valence-electron chi connectivity index (χ4n) is 2.25. The molecule has 98 valence electrons. The van der Waals surface area contributed by atoms with Crippen LogP contribution >= 0.6 is 0 Å². The lowest BCUT2D eigenvalue weighted by atomic mass is 9.92. The molecule has 1 aromatic carbocycles. The number of amides is 1. The molecular weight excluding hydrogens is 244 g/mol. The van der Waals surface area contributed by atoms with Gasteiger partial charge in [-0.3, -0.25) is 4.79 Å². The summed E-state index contributed by atoms with van der Waals surface area (Å²) in [7, 11) is 0. The summed E-state index contributed by atoms with van der Waals surface area (Å²) >= 11 is 0. The summed E-state index contributed by atoms with van der Waals surface area (Å²) in [5, 5.41) is 6.54. The Morgan fingerprint density at radius 2 is 2.26 bits per heavy atom. The van der Waals surface area contributed by atoms with Crippen LogP contribution in [0.3, 0.4) is 0 Å². The highest BCUT2D eigenvalue weighted by atomic mass is 16.5. The molecule has 2 aromatic rings. The molecule has 1 aliphatic rings. The van der Waals surface area contributed by atoms with Crippen LogP contribution in [0.15, 0.2) is 34.9 Å². The number of carbonyl (C=O) groups is 1. The molecular formula is C14H14N2O3. The second kappa shape index (κ2) is 4.76. The largest absolute Gasteiger partial charge is 0.493 e. The molecule has 0 spiro atoms. The van der Waals surface area contributed by atoms with Gasteiger partial charge in [-0.15, -0.1) is 0 Å². The predicted octanol–water partition coefficient (Wildman–Crippen LogP) is 2.49. The minimum absolute atomic E-state index is 0.0796. The van der Waals surface area contributed by atoms with Crippen molar-refractivity contribution in [3.05, 3.63) is 41.7 Å². The predicted molar refractivity (Wildman–Crippen MR) is 69.2 cm³/mol. The third kappa shape index (κ3) is 2.31. The van der Waals surface area contributed by atoms with Gasteiger partial charge in [0, 0.05) is 11.6 Å². The van der Waals surface area contributed by atoms with Crippen molar-refractivity contribution >= 4 is 11.7 Å². The van der Waals surface area contributed by atoms with Gasteiger partial charge in [0.25, 0.3) is 0 Å². The zero-order chi connectivity index (χ0) is 13.2. The SMILES string of the molecule is Cc1cc(NC(=O)C2CCOc3ccccc32)no1. The number of aromatic nitrogens is 1. The van der Waals surface area contributed by atoms with Gasteiger partial charge in [-0.25, -0.2) is 0 Å². The normalized spacial score (nSPS) is 17.4. The Labute approximate surface area is 110 Å². The summed E-state index contributed by atoms with van der Waals surface area (Å²) in [4.78, 5) is 12.3. The molecule has 0 bridgehead atoms. The average Bonchev–Trinajstić information content (AvgIpc) is 2.83. The number of para-hydroxylation sites is 1. The molecule has 3 rings (SSSR count). The van der Waals surface area contributed by atoms with E-state index in [-0.39, 0.29) is 11.8 Å². The highest BCUT2D eigenvalue weighted by Crippen LogP contribution is 2.33. The fraction of sp³-hybridized carbons (Fsp3) is 0.286. The summed E-state index contributed by atoms with van der Waals surface area (Å²) in [6.45, 7) is 2.33. The van der Waals surface area contributed by atoms with Gasteiger partial charge in [-0.2, -0.15) is 0 Å². The number of aryl methyl sites for hydroxylation is 1. The Bertz CT molecular complexity index is 606. The summed E-state index contributed by atoms with van der Waals surface area (Å²) in [6, 6.07) is 9.32. The smallest absolute Gasteiger partial charge is 0.233 e. The molecule has 1 aromatic heterocycles. The molecule has 1 N–H and O–H groups in total. The van der Waals surface area contributed by atoms with E-state index >= 15 is 0 Å². The first kappa shape index (κ1) is 11.8. The zero-order valence-electron chi connectivity index (χ0n) is 10.6. The first-order valence-electron chi connectivity index (χ1n) is 6.20. The lowest BCUT2D eigenvalue weighted by Crippen LogP contribution is -2.26. The molecule has 1 unspecified atom stereocenters. The topological polar surface area (TPSA) is 64.4 Å². The molecule has 1 amide bonds. The minimum Gasteiger partial charge on any atom is -0.493 e. The Balaban J connectivity index is 1.81. The number of hydrogen-bond donors (Lipinski definition) is 1. The van der Waals surface area contributed by atoms with Gasteiger partial charge in [0.2, 0.25) is 5.91 Å². The maximum Gasteiger partial charge on any atom is 0.233 e. The first-order valence-corrected chi connectivity index (χ1v) is 6.20. The highest BCUT2D eigenvalue weighted by Gasteiger charge is 2.27. The van der Waals surface area contributed by atoms with Crippen LogP contribution in [0.2, 0.25) is 0 Å². The van der Waals surface area contributed by atoms with Gasteiger partial charge < -0.3 is 14.6 Å². The van der Waals surface area contributed by atoms with E-state index in [1.54, 1.807) is 13.0 Å². The highest BCUT2D eigenvalue weighted by molar-refractivity contribution is 5.95. The molecule has 0 fully saturated rings. The Hall–Kier alpha value is -2.30. The Morgan fingerprint density at radius 1 is 1.42 bits per heavy atom. The molecule has 1 aliphatic heterocycles. The number of nitrogens with zero attached hydrogens (tertiary/aromatic N) is 1. The first-order chi connectivity index (χ1) is 9.24. The van der Waals surface area contributed by atoms with Crippen LogP contribution in [0.4, 0.5) is 5.82 Å². The van der Waals surface area contributed by atoms with Crippen molar-refractivity contribution in [1.29, 1.82) is 0 Å². The van der Waals surface area contributed by atoms with Crippen molar-refractivity contribution in [3.63, 3.8) is 0 Å². The molecule has 0 aliphatic carbocycles. The van der Waals surface area contributed by atoms with E-state index in [1.807, 2.05) is 24.3 Å². The number of rotatable bonds is 2. The summed E-state index contributed by atoms with van der Waals surface area (Å²) in [5.74, 6) is 1.62. The van der Waals surface area contributed by atoms with Gasteiger partial charge >= 0.3 is 0 Å². The second-order valence-electron chi connectivity index (χ2n) is 4.54. The van der Waals surface area contributed by atoms with Gasteiger partial charge in [0.1, 0.15) is 11.5 Å². The van der Waals surface area contributed by atoms with Crippen molar-refractivity contribution in [1.82, 2.24) is 5.16 Å². The molecule has 0 radical (unpaired) electrons. The number of hydrogen-bond acceptors (Lipinski definition) is 4. The van der Waals surface area contributed by atoms with Crippen LogP contribution in [0.5, 0.6) is 5.75 Å². The monoisotopic (exact) mass is 258 g/mol. The maximum absolute atomic E-state index is 12.3. The van der Waals surface area contributed by atoms with E-state index in [0.29, 0.717) is 24.6 Å². The van der Waals surface area contributed by atoms with E-state index in [1.165, 1.54) is 0 Å². The number of fused-ring (bicyclic) bond motifs is 1. The second-order valence-corrected chi connectivity index (χ2v) is 4.54. The molecule has 2 heterocycles. The van der Waals surface area contributed by atoms with E-state index in [2.05, 4.69) is 10.5 Å². The maximum atomic E-state index is 12.3. The van der Waals surface area contributed by atoms with Gasteiger partial charge in [-0.1, -0.05) is 23.4 Å². The molecule has 5 nitrogen and oxygen atoms in total. The molecule has 0 saturated carbocycles. The van der Waals surface area contributed by atoms with Crippen molar-refractivity contribution in [2.24, 2.45) is 0 Å². The van der Waals surface area contributed by atoms with E-state index in [9.17, 15) is 4.79 Å². The van der Waals surface area contributed by atoms with Gasteiger partial charge in [0.05, 0.1) is 12.5 Å². The molecule has 0 saturated heterocycles. The summed E-state index contributed by atoms with van der Waals surface area (Å²) in [6.07, 6.45) is 0.666. The Kier molecular flexibility index (Phi) is 2.95. The minimum atomic E-state index is -0.207. The lowest BCUT2D eigenvalue weighted by molar-refractivity contribution is -0.118. The van der Waals surface area contributed by atoms with Crippen LogP contribution in [-0.2, 0) is 4.79 Å². The standard InChI is InChI=1S/C14H14N2O3/c1-9-8-13(16-19-9)15-14(17)11-6-7-18-12-5-3-2-4-10(11)12/h2-5,8,11H,6-7H2,1H3,(H,15,16,17). The van der Waals surface area contributed by atoms with Gasteiger partial charge in [0.15, 0.2) is 5.82 Å². The van der Waals surface area contributed by atoms with Crippen molar-refractivity contribution in [2.75, 3.05) is 11.9 Å². The number of carbonyl (C=O) groups excluding carboxylic acids is 1. The van der Waals surface area contributed by atoms with E-state index in [4.69, 9.17) is 9.26 Å². The number of nitrogens with one attached hydrogen (secondary N) is 1. The van der Waals surface area contributed by atoms with Crippen LogP contribution in [-0.4, -0.2) is 17.7 Å². The van der Waals surface area contributed by atoms with E-state index in [0.717, 1.165) is 11.3 Å². The van der Waals surface area contributed by atoms with Crippen LogP contribution < -0.4 is 10.1 Å². The zero-order valence-corrected chi connectivity index (χ0v) is 10.6. The van der Waals surface area contributed by atoms with E-state index < -0.39 is 0 Å². The number of anilines is 1. The molecule has 19 heavy (non-hydrogen) atoms. The summed E-state index contributed by atoms with van der Waals surface area (Å²) in [5.41, 5.74) is 0.923. The van der Waals surface area contributed by atoms with Crippen LogP contribution in [0, 0.1) is 6.92 Å². The third-order valence-electron chi connectivity index (χ3n) is 3.15. The van der Waals surface area contributed by atoms with Crippen molar-refractivity contribution < 1.29 is 14.1 Å². The fourth-order valence-corrected chi connectivity index (χ4v) is 2.25. The number of benzene rings is 1. The quantitative estimate of drug-likeness (QED) is 0.898. The number of ether oxygens (including phenoxy) is 1. The van der Waals surface area contributed by atoms with Crippen molar-refractivity contribution in [3.8, 4) is 5.75 Å². The average molecular weight is 258 g/mol. The lowest BCUT2D eigenvalue weighted by Gasteiger charge is -2.24. The van der Waals surface area contributed by atoms with Crippen LogP contribution in [0.1, 0.15) is 23.7 Å². The summed E-state index contributed by atoms with van der Waals surface area (Å²) < 4.78 is 10.5. The molecule has 1 atom stereocenters. The Morgan fingerprint density at radius 3 is 3.05 bits per heavy atom. The van der Waals surface area contributed by atoms with Crippen LogP contribution in [0.25, 0.3) is 0 Å². The van der Waals surface area contributed by atoms with Gasteiger partial charge in [-0.05, 0) is 19.4 Å². The third-order valence-corrected chi connectivity index (χ3v) is 3.15. The molecule has 5 heteroatoms. The van der Waals surface area contributed by atoms with Crippen molar-refractivity contribution in [2.45, 2.75) is 19.3 Å².